The SMILES string of the molecule is CCc1cccc(NCc2nnc(-c3ccccc3)o2)c1. The number of benzene rings is 2. The van der Waals surface area contributed by atoms with Gasteiger partial charge in [-0.3, -0.25) is 0 Å². The fourth-order valence-corrected chi connectivity index (χ4v) is 2.10. The zero-order valence-electron chi connectivity index (χ0n) is 11.9. The number of nitrogens with one attached hydrogen (secondary N) is 1. The maximum absolute atomic E-state index is 5.66. The van der Waals surface area contributed by atoms with Crippen molar-refractivity contribution >= 4 is 5.69 Å². The Hall–Kier alpha value is -2.62. The van der Waals surface area contributed by atoms with Crippen LogP contribution in [0.3, 0.4) is 0 Å². The average Bonchev–Trinajstić information content (AvgIpc) is 3.03. The molecule has 0 saturated heterocycles. The molecule has 0 atom stereocenters. The van der Waals surface area contributed by atoms with Gasteiger partial charge in [-0.15, -0.1) is 10.2 Å². The molecule has 4 nitrogen and oxygen atoms in total. The van der Waals surface area contributed by atoms with Gasteiger partial charge in [0.05, 0.1) is 6.54 Å². The first kappa shape index (κ1) is 13.4. The number of hydrogen-bond donors (Lipinski definition) is 1. The van der Waals surface area contributed by atoms with Crippen LogP contribution >= 0.6 is 0 Å². The molecular formula is C17H17N3O. The molecule has 0 fully saturated rings. The summed E-state index contributed by atoms with van der Waals surface area (Å²) in [6.45, 7) is 2.66. The number of rotatable bonds is 5. The fourth-order valence-electron chi connectivity index (χ4n) is 2.10. The number of aryl methyl sites for hydroxylation is 1. The Morgan fingerprint density at radius 1 is 1.00 bits per heavy atom. The Morgan fingerprint density at radius 2 is 1.86 bits per heavy atom. The van der Waals surface area contributed by atoms with Crippen LogP contribution in [0.5, 0.6) is 0 Å². The third-order valence-electron chi connectivity index (χ3n) is 3.27. The van der Waals surface area contributed by atoms with Crippen LogP contribution in [0.1, 0.15) is 18.4 Å². The molecule has 21 heavy (non-hydrogen) atoms. The molecule has 0 amide bonds. The van der Waals surface area contributed by atoms with Crippen LogP contribution in [0.4, 0.5) is 5.69 Å². The van der Waals surface area contributed by atoms with E-state index < -0.39 is 0 Å². The third-order valence-corrected chi connectivity index (χ3v) is 3.27. The Bertz CT molecular complexity index is 707. The molecule has 0 aliphatic carbocycles. The molecule has 1 heterocycles. The van der Waals surface area contributed by atoms with Crippen molar-refractivity contribution in [2.24, 2.45) is 0 Å². The standard InChI is InChI=1S/C17H17N3O/c1-2-13-7-6-10-15(11-13)18-12-16-19-20-17(21-16)14-8-4-3-5-9-14/h3-11,18H,2,12H2,1H3. The predicted octanol–water partition coefficient (Wildman–Crippen LogP) is 3.91. The zero-order valence-corrected chi connectivity index (χ0v) is 11.9. The van der Waals surface area contributed by atoms with Gasteiger partial charge in [-0.2, -0.15) is 0 Å². The lowest BCUT2D eigenvalue weighted by Crippen LogP contribution is -2.00. The maximum atomic E-state index is 5.66. The Morgan fingerprint density at radius 3 is 2.67 bits per heavy atom. The fraction of sp³-hybridized carbons (Fsp3) is 0.176. The van der Waals surface area contributed by atoms with Gasteiger partial charge in [0.25, 0.3) is 0 Å². The summed E-state index contributed by atoms with van der Waals surface area (Å²) in [6.07, 6.45) is 1.02. The van der Waals surface area contributed by atoms with E-state index in [1.165, 1.54) is 5.56 Å². The Balaban J connectivity index is 1.67. The second kappa shape index (κ2) is 6.22. The highest BCUT2D eigenvalue weighted by molar-refractivity contribution is 5.52. The van der Waals surface area contributed by atoms with Gasteiger partial charge in [0.2, 0.25) is 11.8 Å². The van der Waals surface area contributed by atoms with E-state index in [0.29, 0.717) is 18.3 Å². The largest absolute Gasteiger partial charge is 0.419 e. The molecule has 4 heteroatoms. The van der Waals surface area contributed by atoms with E-state index >= 15 is 0 Å². The molecule has 3 rings (SSSR count). The van der Waals surface area contributed by atoms with Crippen molar-refractivity contribution in [3.05, 3.63) is 66.1 Å². The highest BCUT2D eigenvalue weighted by Gasteiger charge is 2.07. The minimum Gasteiger partial charge on any atom is -0.419 e. The first-order chi connectivity index (χ1) is 10.3. The van der Waals surface area contributed by atoms with E-state index in [9.17, 15) is 0 Å². The normalized spacial score (nSPS) is 10.5. The van der Waals surface area contributed by atoms with Crippen molar-refractivity contribution in [1.82, 2.24) is 10.2 Å². The number of anilines is 1. The van der Waals surface area contributed by atoms with E-state index in [2.05, 4.69) is 34.6 Å². The average molecular weight is 279 g/mol. The number of nitrogens with zero attached hydrogens (tertiary/aromatic N) is 2. The summed E-state index contributed by atoms with van der Waals surface area (Å²) in [5.74, 6) is 1.13. The van der Waals surface area contributed by atoms with E-state index in [4.69, 9.17) is 4.42 Å². The van der Waals surface area contributed by atoms with Gasteiger partial charge < -0.3 is 9.73 Å². The van der Waals surface area contributed by atoms with Crippen LogP contribution in [0, 0.1) is 0 Å². The third kappa shape index (κ3) is 3.28. The van der Waals surface area contributed by atoms with Crippen molar-refractivity contribution in [3.8, 4) is 11.5 Å². The van der Waals surface area contributed by atoms with Crippen LogP contribution in [0.15, 0.2) is 59.0 Å². The molecule has 3 aromatic rings. The first-order valence-corrected chi connectivity index (χ1v) is 7.06. The molecule has 106 valence electrons. The van der Waals surface area contributed by atoms with Crippen molar-refractivity contribution < 1.29 is 4.42 Å². The molecule has 1 N–H and O–H groups in total. The van der Waals surface area contributed by atoms with E-state index in [0.717, 1.165) is 17.7 Å². The number of aromatic nitrogens is 2. The second-order valence-corrected chi connectivity index (χ2v) is 4.77. The number of hydrogen-bond acceptors (Lipinski definition) is 4. The molecule has 1 aromatic heterocycles. The van der Waals surface area contributed by atoms with Gasteiger partial charge in [-0.25, -0.2) is 0 Å². The quantitative estimate of drug-likeness (QED) is 0.769. The molecule has 0 radical (unpaired) electrons. The summed E-state index contributed by atoms with van der Waals surface area (Å²) in [4.78, 5) is 0. The summed E-state index contributed by atoms with van der Waals surface area (Å²) >= 11 is 0. The first-order valence-electron chi connectivity index (χ1n) is 7.06. The molecule has 0 spiro atoms. The van der Waals surface area contributed by atoms with Crippen LogP contribution in [-0.2, 0) is 13.0 Å². The van der Waals surface area contributed by atoms with Gasteiger partial charge in [-0.1, -0.05) is 37.3 Å². The molecule has 0 aliphatic rings. The zero-order chi connectivity index (χ0) is 14.5. The van der Waals surface area contributed by atoms with Gasteiger partial charge >= 0.3 is 0 Å². The van der Waals surface area contributed by atoms with Gasteiger partial charge in [0, 0.05) is 11.3 Å². The molecule has 0 saturated carbocycles. The van der Waals surface area contributed by atoms with E-state index in [-0.39, 0.29) is 0 Å². The topological polar surface area (TPSA) is 51.0 Å². The minimum absolute atomic E-state index is 0.521. The summed E-state index contributed by atoms with van der Waals surface area (Å²) in [6, 6.07) is 18.1. The van der Waals surface area contributed by atoms with E-state index in [1.54, 1.807) is 0 Å². The van der Waals surface area contributed by atoms with Crippen LogP contribution in [-0.4, -0.2) is 10.2 Å². The van der Waals surface area contributed by atoms with Crippen molar-refractivity contribution in [2.75, 3.05) is 5.32 Å². The Kier molecular flexibility index (Phi) is 3.96. The summed E-state index contributed by atoms with van der Waals surface area (Å²) in [5, 5.41) is 11.5. The van der Waals surface area contributed by atoms with Crippen LogP contribution in [0.2, 0.25) is 0 Å². The molecule has 0 bridgehead atoms. The smallest absolute Gasteiger partial charge is 0.247 e. The van der Waals surface area contributed by atoms with Crippen LogP contribution in [0.25, 0.3) is 11.5 Å². The summed E-state index contributed by atoms with van der Waals surface area (Å²) < 4.78 is 5.66. The van der Waals surface area contributed by atoms with Gasteiger partial charge in [-0.05, 0) is 36.2 Å². The van der Waals surface area contributed by atoms with Crippen molar-refractivity contribution in [2.45, 2.75) is 19.9 Å². The monoisotopic (exact) mass is 279 g/mol. The molecule has 0 aliphatic heterocycles. The molecule has 2 aromatic carbocycles. The van der Waals surface area contributed by atoms with Crippen molar-refractivity contribution in [1.29, 1.82) is 0 Å². The van der Waals surface area contributed by atoms with E-state index in [1.807, 2.05) is 42.5 Å². The molecule has 0 unspecified atom stereocenters. The predicted molar refractivity (Wildman–Crippen MR) is 82.9 cm³/mol. The van der Waals surface area contributed by atoms with Crippen molar-refractivity contribution in [3.63, 3.8) is 0 Å². The lowest BCUT2D eigenvalue weighted by molar-refractivity contribution is 0.515. The summed E-state index contributed by atoms with van der Waals surface area (Å²) in [5.41, 5.74) is 3.30. The summed E-state index contributed by atoms with van der Waals surface area (Å²) in [7, 11) is 0. The lowest BCUT2D eigenvalue weighted by atomic mass is 10.1. The highest BCUT2D eigenvalue weighted by Crippen LogP contribution is 2.18. The minimum atomic E-state index is 0.521. The molecular weight excluding hydrogens is 262 g/mol. The maximum Gasteiger partial charge on any atom is 0.247 e. The lowest BCUT2D eigenvalue weighted by Gasteiger charge is -2.05. The van der Waals surface area contributed by atoms with Gasteiger partial charge in [0.15, 0.2) is 0 Å². The van der Waals surface area contributed by atoms with Crippen LogP contribution < -0.4 is 5.32 Å². The Labute approximate surface area is 123 Å². The second-order valence-electron chi connectivity index (χ2n) is 4.77. The van der Waals surface area contributed by atoms with Gasteiger partial charge in [0.1, 0.15) is 0 Å². The highest BCUT2D eigenvalue weighted by atomic mass is 16.4.